The van der Waals surface area contributed by atoms with Crippen LogP contribution in [0.5, 0.6) is 5.75 Å². The van der Waals surface area contributed by atoms with Crippen LogP contribution in [0.2, 0.25) is 0 Å². The number of ether oxygens (including phenoxy) is 1. The van der Waals surface area contributed by atoms with Crippen LogP contribution in [0.25, 0.3) is 22.2 Å². The summed E-state index contributed by atoms with van der Waals surface area (Å²) in [7, 11) is 1.43. The molecule has 3 aromatic carbocycles. The second-order valence-corrected chi connectivity index (χ2v) is 7.87. The van der Waals surface area contributed by atoms with Crippen molar-refractivity contribution in [1.82, 2.24) is 9.78 Å². The molecule has 4 rings (SSSR count). The number of hydrogen-bond acceptors (Lipinski definition) is 2. The molecule has 0 unspecified atom stereocenters. The van der Waals surface area contributed by atoms with Crippen molar-refractivity contribution in [2.75, 3.05) is 0 Å². The first-order valence-electron chi connectivity index (χ1n) is 9.16. The molecular weight excluding hydrogens is 502 g/mol. The first-order chi connectivity index (χ1) is 15.1. The zero-order valence-electron chi connectivity index (χ0n) is 16.3. The molecule has 0 aliphatic heterocycles. The number of aryl methyl sites for hydroxylation is 1. The quantitative estimate of drug-likeness (QED) is 0.273. The summed E-state index contributed by atoms with van der Waals surface area (Å²) in [5.41, 5.74) is -2.18. The first-order valence-corrected chi connectivity index (χ1v) is 9.95. The van der Waals surface area contributed by atoms with Crippen LogP contribution in [0, 0.1) is 17.5 Å². The van der Waals surface area contributed by atoms with Gasteiger partial charge in [0.1, 0.15) is 18.1 Å². The van der Waals surface area contributed by atoms with E-state index in [0.29, 0.717) is 10.0 Å². The number of benzene rings is 3. The molecule has 0 fully saturated rings. The van der Waals surface area contributed by atoms with Crippen LogP contribution in [0.4, 0.5) is 26.3 Å². The largest absolute Gasteiger partial charge is 0.483 e. The van der Waals surface area contributed by atoms with Gasteiger partial charge in [0.05, 0.1) is 16.5 Å². The number of halogens is 7. The third-order valence-corrected chi connectivity index (χ3v) is 5.27. The first kappa shape index (κ1) is 22.2. The third kappa shape index (κ3) is 3.94. The Morgan fingerprint density at radius 3 is 2.34 bits per heavy atom. The zero-order chi connectivity index (χ0) is 23.2. The smallest absolute Gasteiger partial charge is 0.419 e. The van der Waals surface area contributed by atoms with Crippen LogP contribution in [0.1, 0.15) is 11.1 Å². The predicted octanol–water partition coefficient (Wildman–Crippen LogP) is 7.02. The molecule has 166 valence electrons. The van der Waals surface area contributed by atoms with E-state index in [2.05, 4.69) is 21.0 Å². The highest BCUT2D eigenvalue weighted by Crippen LogP contribution is 2.43. The van der Waals surface area contributed by atoms with Gasteiger partial charge >= 0.3 is 6.18 Å². The highest BCUT2D eigenvalue weighted by Gasteiger charge is 2.39. The number of aromatic nitrogens is 2. The van der Waals surface area contributed by atoms with E-state index in [4.69, 9.17) is 4.74 Å². The van der Waals surface area contributed by atoms with Gasteiger partial charge in [-0.05, 0) is 23.8 Å². The number of fused-ring (bicyclic) bond motifs is 1. The lowest BCUT2D eigenvalue weighted by molar-refractivity contribution is -0.140. The number of rotatable bonds is 4. The molecule has 0 spiro atoms. The minimum absolute atomic E-state index is 0.205. The van der Waals surface area contributed by atoms with Crippen LogP contribution in [-0.2, 0) is 19.8 Å². The van der Waals surface area contributed by atoms with Gasteiger partial charge < -0.3 is 4.74 Å². The van der Waals surface area contributed by atoms with Gasteiger partial charge in [0.25, 0.3) is 0 Å². The van der Waals surface area contributed by atoms with Gasteiger partial charge in [-0.25, -0.2) is 13.2 Å². The van der Waals surface area contributed by atoms with Crippen molar-refractivity contribution in [2.24, 2.45) is 7.05 Å². The summed E-state index contributed by atoms with van der Waals surface area (Å²) in [4.78, 5) is 0. The molecule has 32 heavy (non-hydrogen) atoms. The van der Waals surface area contributed by atoms with E-state index in [1.54, 1.807) is 30.3 Å². The summed E-state index contributed by atoms with van der Waals surface area (Å²) in [5, 5.41) is 3.80. The molecule has 10 heteroatoms. The fourth-order valence-corrected chi connectivity index (χ4v) is 3.76. The van der Waals surface area contributed by atoms with E-state index in [1.807, 2.05) is 0 Å². The average Bonchev–Trinajstić information content (AvgIpc) is 3.04. The number of alkyl halides is 3. The molecule has 0 saturated carbocycles. The minimum atomic E-state index is -5.15. The molecule has 0 N–H and O–H groups in total. The summed E-state index contributed by atoms with van der Waals surface area (Å²) in [6.45, 7) is -0.375. The van der Waals surface area contributed by atoms with Crippen molar-refractivity contribution in [2.45, 2.75) is 12.8 Å². The van der Waals surface area contributed by atoms with Gasteiger partial charge in [-0.15, -0.1) is 0 Å². The Morgan fingerprint density at radius 1 is 1.00 bits per heavy atom. The molecular formula is C22H13BrF6N2O. The van der Waals surface area contributed by atoms with E-state index in [0.717, 1.165) is 6.07 Å². The lowest BCUT2D eigenvalue weighted by atomic mass is 10.0. The number of hydrogen-bond donors (Lipinski definition) is 0. The van der Waals surface area contributed by atoms with Crippen molar-refractivity contribution in [3.8, 4) is 17.0 Å². The maximum absolute atomic E-state index is 15.3. The highest BCUT2D eigenvalue weighted by molar-refractivity contribution is 9.10. The van der Waals surface area contributed by atoms with Gasteiger partial charge in [0.2, 0.25) is 0 Å². The molecule has 0 aliphatic carbocycles. The lowest BCUT2D eigenvalue weighted by Gasteiger charge is -2.16. The molecule has 0 amide bonds. The maximum atomic E-state index is 15.3. The van der Waals surface area contributed by atoms with Crippen LogP contribution in [0.15, 0.2) is 53.0 Å². The van der Waals surface area contributed by atoms with Crippen LogP contribution < -0.4 is 4.74 Å². The minimum Gasteiger partial charge on any atom is -0.483 e. The van der Waals surface area contributed by atoms with E-state index in [1.165, 1.54) is 17.8 Å². The molecule has 0 aliphatic rings. The summed E-state index contributed by atoms with van der Waals surface area (Å²) < 4.78 is 92.0. The fraction of sp³-hybridized carbons (Fsp3) is 0.136. The monoisotopic (exact) mass is 514 g/mol. The third-order valence-electron chi connectivity index (χ3n) is 4.82. The molecule has 1 heterocycles. The van der Waals surface area contributed by atoms with Crippen molar-refractivity contribution in [3.05, 3.63) is 81.6 Å². The van der Waals surface area contributed by atoms with Crippen molar-refractivity contribution >= 4 is 26.8 Å². The summed E-state index contributed by atoms with van der Waals surface area (Å²) in [6.07, 6.45) is -5.15. The Balaban J connectivity index is 1.94. The topological polar surface area (TPSA) is 27.1 Å². The lowest BCUT2D eigenvalue weighted by Crippen LogP contribution is -2.12. The maximum Gasteiger partial charge on any atom is 0.419 e. The SMILES string of the molecule is Cn1nc(-c2cc(C(F)(F)F)c(F)c(OCc3ccccc3)c2F)c2c(F)cc(Br)cc21. The predicted molar refractivity (Wildman–Crippen MR) is 110 cm³/mol. The van der Waals surface area contributed by atoms with Gasteiger partial charge in [0, 0.05) is 17.1 Å². The van der Waals surface area contributed by atoms with Crippen molar-refractivity contribution < 1.29 is 31.1 Å². The molecule has 0 saturated heterocycles. The normalized spacial score (nSPS) is 11.9. The summed E-state index contributed by atoms with van der Waals surface area (Å²) in [6, 6.07) is 11.0. The van der Waals surface area contributed by atoms with Gasteiger partial charge in [0.15, 0.2) is 17.4 Å². The van der Waals surface area contributed by atoms with E-state index in [9.17, 15) is 22.0 Å². The Labute approximate surface area is 186 Å². The zero-order valence-corrected chi connectivity index (χ0v) is 17.9. The van der Waals surface area contributed by atoms with Crippen molar-refractivity contribution in [1.29, 1.82) is 0 Å². The van der Waals surface area contributed by atoms with Crippen LogP contribution in [0.3, 0.4) is 0 Å². The van der Waals surface area contributed by atoms with Crippen LogP contribution >= 0.6 is 15.9 Å². The molecule has 4 aromatic rings. The molecule has 0 radical (unpaired) electrons. The number of nitrogens with zero attached hydrogens (tertiary/aromatic N) is 2. The van der Waals surface area contributed by atoms with E-state index >= 15 is 4.39 Å². The van der Waals surface area contributed by atoms with Crippen LogP contribution in [-0.4, -0.2) is 9.78 Å². The Bertz CT molecular complexity index is 1320. The van der Waals surface area contributed by atoms with Gasteiger partial charge in [-0.3, -0.25) is 4.68 Å². The van der Waals surface area contributed by atoms with Gasteiger partial charge in [-0.1, -0.05) is 46.3 Å². The molecule has 3 nitrogen and oxygen atoms in total. The van der Waals surface area contributed by atoms with Gasteiger partial charge in [-0.2, -0.15) is 18.3 Å². The van der Waals surface area contributed by atoms with E-state index < -0.39 is 46.2 Å². The Morgan fingerprint density at radius 2 is 1.69 bits per heavy atom. The Kier molecular flexibility index (Phi) is 5.66. The van der Waals surface area contributed by atoms with E-state index in [-0.39, 0.29) is 23.6 Å². The molecule has 1 aromatic heterocycles. The Hall–Kier alpha value is -3.01. The van der Waals surface area contributed by atoms with Crippen molar-refractivity contribution in [3.63, 3.8) is 0 Å². The second-order valence-electron chi connectivity index (χ2n) is 6.95. The highest BCUT2D eigenvalue weighted by atomic mass is 79.9. The molecule has 0 bridgehead atoms. The fourth-order valence-electron chi connectivity index (χ4n) is 3.34. The second kappa shape index (κ2) is 8.16. The summed E-state index contributed by atoms with van der Waals surface area (Å²) in [5.74, 6) is -5.34. The average molecular weight is 515 g/mol. The standard InChI is InChI=1S/C22H13BrF6N2O/c1-31-16-8-12(23)7-15(24)17(16)20(30-31)13-9-14(22(27,28)29)19(26)21(18(13)25)32-10-11-5-3-2-4-6-11/h2-9H,10H2,1H3. The molecule has 0 atom stereocenters. The summed E-state index contributed by atoms with van der Waals surface area (Å²) >= 11 is 3.13.